The molecule has 2 aromatic carbocycles. The summed E-state index contributed by atoms with van der Waals surface area (Å²) in [7, 11) is -4.01. The minimum absolute atomic E-state index is 0.0516. The number of nitrogens with one attached hydrogen (secondary N) is 2. The number of rotatable bonds is 6. The molecule has 0 saturated carbocycles. The molecule has 0 saturated heterocycles. The second kappa shape index (κ2) is 7.65. The molecule has 134 valence electrons. The molecule has 0 spiro atoms. The number of amides is 1. The summed E-state index contributed by atoms with van der Waals surface area (Å²) in [6.45, 7) is 5.83. The summed E-state index contributed by atoms with van der Waals surface area (Å²) < 4.78 is 40.8. The number of para-hydroxylation sites is 1. The van der Waals surface area contributed by atoms with Crippen molar-refractivity contribution >= 4 is 21.6 Å². The first-order valence-corrected chi connectivity index (χ1v) is 9.37. The highest BCUT2D eigenvalue weighted by Gasteiger charge is 2.19. The molecule has 0 aliphatic heterocycles. The van der Waals surface area contributed by atoms with Crippen LogP contribution in [0.4, 0.5) is 10.1 Å². The SMILES string of the molecule is CC(C)C(C)NC(=O)c1cccc(S(=O)(=O)Nc2ccccc2F)c1. The van der Waals surface area contributed by atoms with Crippen LogP contribution in [0.25, 0.3) is 0 Å². The number of hydrogen-bond donors (Lipinski definition) is 2. The van der Waals surface area contributed by atoms with Crippen molar-refractivity contribution in [1.82, 2.24) is 5.32 Å². The van der Waals surface area contributed by atoms with Crippen LogP contribution in [-0.2, 0) is 10.0 Å². The molecular formula is C18H21FN2O3S. The molecule has 2 aromatic rings. The zero-order valence-electron chi connectivity index (χ0n) is 14.3. The molecule has 2 rings (SSSR count). The van der Waals surface area contributed by atoms with E-state index in [0.717, 1.165) is 6.07 Å². The van der Waals surface area contributed by atoms with Gasteiger partial charge >= 0.3 is 0 Å². The quantitative estimate of drug-likeness (QED) is 0.825. The lowest BCUT2D eigenvalue weighted by molar-refractivity contribution is 0.0930. The molecule has 0 aromatic heterocycles. The van der Waals surface area contributed by atoms with Crippen LogP contribution in [0, 0.1) is 11.7 Å². The van der Waals surface area contributed by atoms with Gasteiger partial charge in [-0.3, -0.25) is 9.52 Å². The Hall–Kier alpha value is -2.41. The zero-order valence-corrected chi connectivity index (χ0v) is 15.1. The minimum Gasteiger partial charge on any atom is -0.349 e. The monoisotopic (exact) mass is 364 g/mol. The largest absolute Gasteiger partial charge is 0.349 e. The molecule has 25 heavy (non-hydrogen) atoms. The van der Waals surface area contributed by atoms with E-state index in [1.807, 2.05) is 20.8 Å². The molecule has 7 heteroatoms. The number of carbonyl (C=O) groups is 1. The van der Waals surface area contributed by atoms with Crippen LogP contribution in [0.15, 0.2) is 53.4 Å². The van der Waals surface area contributed by atoms with Crippen LogP contribution in [0.3, 0.4) is 0 Å². The van der Waals surface area contributed by atoms with E-state index in [4.69, 9.17) is 0 Å². The molecular weight excluding hydrogens is 343 g/mol. The van der Waals surface area contributed by atoms with Crippen LogP contribution in [0.1, 0.15) is 31.1 Å². The molecule has 2 N–H and O–H groups in total. The average molecular weight is 364 g/mol. The summed E-state index contributed by atoms with van der Waals surface area (Å²) in [6.07, 6.45) is 0. The van der Waals surface area contributed by atoms with E-state index in [0.29, 0.717) is 0 Å². The number of carbonyl (C=O) groups excluding carboxylic acids is 1. The van der Waals surface area contributed by atoms with Crippen LogP contribution in [0.5, 0.6) is 0 Å². The third-order valence-electron chi connectivity index (χ3n) is 3.88. The molecule has 1 atom stereocenters. The van der Waals surface area contributed by atoms with Gasteiger partial charge in [-0.2, -0.15) is 0 Å². The Kier molecular flexibility index (Phi) is 5.79. The highest BCUT2D eigenvalue weighted by molar-refractivity contribution is 7.92. The van der Waals surface area contributed by atoms with Gasteiger partial charge in [0.2, 0.25) is 0 Å². The van der Waals surface area contributed by atoms with Crippen molar-refractivity contribution < 1.29 is 17.6 Å². The van der Waals surface area contributed by atoms with E-state index in [1.54, 1.807) is 0 Å². The first kappa shape index (κ1) is 18.9. The summed E-state index contributed by atoms with van der Waals surface area (Å²) in [5, 5.41) is 2.82. The molecule has 0 bridgehead atoms. The molecule has 0 aliphatic carbocycles. The summed E-state index contributed by atoms with van der Waals surface area (Å²) in [5.41, 5.74) is 0.0784. The van der Waals surface area contributed by atoms with Gasteiger partial charge in [0.1, 0.15) is 5.82 Å². The summed E-state index contributed by atoms with van der Waals surface area (Å²) in [5.74, 6) is -0.784. The lowest BCUT2D eigenvalue weighted by Crippen LogP contribution is -2.36. The van der Waals surface area contributed by atoms with E-state index in [1.165, 1.54) is 42.5 Å². The van der Waals surface area contributed by atoms with Crippen LogP contribution < -0.4 is 10.0 Å². The first-order valence-electron chi connectivity index (χ1n) is 7.89. The van der Waals surface area contributed by atoms with Crippen molar-refractivity contribution in [2.45, 2.75) is 31.7 Å². The maximum absolute atomic E-state index is 13.7. The maximum atomic E-state index is 13.7. The molecule has 1 unspecified atom stereocenters. The smallest absolute Gasteiger partial charge is 0.262 e. The van der Waals surface area contributed by atoms with Gasteiger partial charge < -0.3 is 5.32 Å². The van der Waals surface area contributed by atoms with Gasteiger partial charge in [-0.25, -0.2) is 12.8 Å². The Bertz CT molecular complexity index is 866. The van der Waals surface area contributed by atoms with Gasteiger partial charge in [-0.15, -0.1) is 0 Å². The lowest BCUT2D eigenvalue weighted by atomic mass is 10.1. The average Bonchev–Trinajstić information content (AvgIpc) is 2.56. The summed E-state index contributed by atoms with van der Waals surface area (Å²) in [4.78, 5) is 12.2. The maximum Gasteiger partial charge on any atom is 0.262 e. The standard InChI is InChI=1S/C18H21FN2O3S/c1-12(2)13(3)20-18(22)14-7-6-8-15(11-14)25(23,24)21-17-10-5-4-9-16(17)19/h4-13,21H,1-3H3,(H,20,22). The number of anilines is 1. The second-order valence-electron chi connectivity index (χ2n) is 6.12. The van der Waals surface area contributed by atoms with Crippen LogP contribution in [0.2, 0.25) is 0 Å². The highest BCUT2D eigenvalue weighted by Crippen LogP contribution is 2.19. The third-order valence-corrected chi connectivity index (χ3v) is 5.25. The molecule has 0 aliphatic rings. The predicted octanol–water partition coefficient (Wildman–Crippen LogP) is 3.40. The molecule has 0 fully saturated rings. The fourth-order valence-electron chi connectivity index (χ4n) is 2.01. The van der Waals surface area contributed by atoms with E-state index < -0.39 is 15.8 Å². The van der Waals surface area contributed by atoms with Crippen molar-refractivity contribution in [1.29, 1.82) is 0 Å². The molecule has 0 radical (unpaired) electrons. The van der Waals surface area contributed by atoms with Crippen molar-refractivity contribution in [2.75, 3.05) is 4.72 Å². The topological polar surface area (TPSA) is 75.3 Å². The lowest BCUT2D eigenvalue weighted by Gasteiger charge is -2.17. The van der Waals surface area contributed by atoms with Crippen molar-refractivity contribution in [3.8, 4) is 0 Å². The van der Waals surface area contributed by atoms with Gasteiger partial charge in [0.25, 0.3) is 15.9 Å². The fraction of sp³-hybridized carbons (Fsp3) is 0.278. The van der Waals surface area contributed by atoms with Crippen LogP contribution >= 0.6 is 0 Å². The number of benzene rings is 2. The Labute approximate surface area is 147 Å². The predicted molar refractivity (Wildman–Crippen MR) is 95.4 cm³/mol. The number of halogens is 1. The third kappa shape index (κ3) is 4.79. The van der Waals surface area contributed by atoms with E-state index >= 15 is 0 Å². The molecule has 0 heterocycles. The highest BCUT2D eigenvalue weighted by atomic mass is 32.2. The Balaban J connectivity index is 2.25. The Morgan fingerprint density at radius 1 is 1.04 bits per heavy atom. The first-order chi connectivity index (χ1) is 11.7. The van der Waals surface area contributed by atoms with E-state index in [9.17, 15) is 17.6 Å². The van der Waals surface area contributed by atoms with Gasteiger partial charge in [0, 0.05) is 11.6 Å². The number of hydrogen-bond acceptors (Lipinski definition) is 3. The van der Waals surface area contributed by atoms with Crippen molar-refractivity contribution in [3.05, 3.63) is 59.9 Å². The minimum atomic E-state index is -4.01. The summed E-state index contributed by atoms with van der Waals surface area (Å²) >= 11 is 0. The normalized spacial score (nSPS) is 12.7. The van der Waals surface area contributed by atoms with Gasteiger partial charge in [-0.1, -0.05) is 32.0 Å². The van der Waals surface area contributed by atoms with Gasteiger partial charge in [-0.05, 0) is 43.2 Å². The van der Waals surface area contributed by atoms with Crippen molar-refractivity contribution in [3.63, 3.8) is 0 Å². The Morgan fingerprint density at radius 3 is 2.36 bits per heavy atom. The van der Waals surface area contributed by atoms with Crippen LogP contribution in [-0.4, -0.2) is 20.4 Å². The van der Waals surface area contributed by atoms with Crippen molar-refractivity contribution in [2.24, 2.45) is 5.92 Å². The summed E-state index contributed by atoms with van der Waals surface area (Å²) in [6, 6.07) is 11.1. The van der Waals surface area contributed by atoms with Gasteiger partial charge in [0.15, 0.2) is 0 Å². The van der Waals surface area contributed by atoms with E-state index in [-0.39, 0.29) is 34.0 Å². The zero-order chi connectivity index (χ0) is 18.6. The fourth-order valence-corrected chi connectivity index (χ4v) is 3.12. The molecule has 1 amide bonds. The Morgan fingerprint density at radius 2 is 1.72 bits per heavy atom. The van der Waals surface area contributed by atoms with Gasteiger partial charge in [0.05, 0.1) is 10.6 Å². The number of sulfonamides is 1. The molecule has 5 nitrogen and oxygen atoms in total. The van der Waals surface area contributed by atoms with E-state index in [2.05, 4.69) is 10.0 Å². The second-order valence-corrected chi connectivity index (χ2v) is 7.80.